The summed E-state index contributed by atoms with van der Waals surface area (Å²) in [5.41, 5.74) is -0.652. The van der Waals surface area contributed by atoms with Crippen LogP contribution in [0.1, 0.15) is 27.0 Å². The Bertz CT molecular complexity index is 1300. The zero-order valence-electron chi connectivity index (χ0n) is 14.8. The van der Waals surface area contributed by atoms with Gasteiger partial charge in [0.25, 0.3) is 0 Å². The summed E-state index contributed by atoms with van der Waals surface area (Å²) < 4.78 is 13.7. The minimum Gasteiger partial charge on any atom is -0.504 e. The van der Waals surface area contributed by atoms with Gasteiger partial charge in [-0.25, -0.2) is 4.79 Å². The highest BCUT2D eigenvalue weighted by Crippen LogP contribution is 2.64. The smallest absolute Gasteiger partial charge is 0.341 e. The molecule has 0 radical (unpaired) electrons. The van der Waals surface area contributed by atoms with Crippen LogP contribution in [0.25, 0.3) is 0 Å². The molecule has 7 nitrogen and oxygen atoms in total. The van der Waals surface area contributed by atoms with Crippen molar-refractivity contribution in [3.05, 3.63) is 64.4 Å². The topological polar surface area (TPSA) is 116 Å². The minimum absolute atomic E-state index is 0.209. The molecule has 0 bridgehead atoms. The summed E-state index contributed by atoms with van der Waals surface area (Å²) in [6.07, 6.45) is 0. The Hall–Kier alpha value is -1.95. The number of benzene rings is 3. The van der Waals surface area contributed by atoms with Crippen LogP contribution in [0.2, 0.25) is 0 Å². The molecule has 0 aromatic heterocycles. The van der Waals surface area contributed by atoms with Gasteiger partial charge in [0.15, 0.2) is 28.6 Å². The molecule has 0 amide bonds. The van der Waals surface area contributed by atoms with E-state index < -0.39 is 34.6 Å². The summed E-state index contributed by atoms with van der Waals surface area (Å²) in [6, 6.07) is 5.40. The number of fused-ring (bicyclic) bond motifs is 6. The molecule has 2 aliphatic heterocycles. The number of halogens is 4. The third-order valence-electron chi connectivity index (χ3n) is 5.25. The van der Waals surface area contributed by atoms with Crippen LogP contribution in [0, 0.1) is 0 Å². The van der Waals surface area contributed by atoms with Gasteiger partial charge in [-0.05, 0) is 88.0 Å². The molecule has 0 fully saturated rings. The van der Waals surface area contributed by atoms with Crippen molar-refractivity contribution in [2.45, 2.75) is 5.60 Å². The Labute approximate surface area is 207 Å². The highest BCUT2D eigenvalue weighted by molar-refractivity contribution is 9.15. The molecule has 0 saturated carbocycles. The van der Waals surface area contributed by atoms with E-state index >= 15 is 0 Å². The quantitative estimate of drug-likeness (QED) is 0.0979. The molecule has 2 aliphatic rings. The summed E-state index contributed by atoms with van der Waals surface area (Å²) in [6.45, 7) is 0. The maximum Gasteiger partial charge on any atom is 0.341 e. The maximum absolute atomic E-state index is 13.1. The molecule has 0 atom stereocenters. The summed E-state index contributed by atoms with van der Waals surface area (Å²) in [4.78, 5) is 13.1. The third kappa shape index (κ3) is 2.51. The predicted octanol–water partition coefficient (Wildman–Crippen LogP) is 6.13. The first-order chi connectivity index (χ1) is 14.6. The van der Waals surface area contributed by atoms with Gasteiger partial charge in [0.1, 0.15) is 0 Å². The summed E-state index contributed by atoms with van der Waals surface area (Å²) in [5, 5.41) is 41.1. The lowest BCUT2D eigenvalue weighted by molar-refractivity contribution is 0.0218. The van der Waals surface area contributed by atoms with E-state index in [2.05, 4.69) is 63.7 Å². The third-order valence-corrected chi connectivity index (χ3v) is 10.0. The predicted molar refractivity (Wildman–Crippen MR) is 122 cm³/mol. The van der Waals surface area contributed by atoms with E-state index in [4.69, 9.17) is 9.47 Å². The highest BCUT2D eigenvalue weighted by atomic mass is 79.9. The maximum atomic E-state index is 13.1. The van der Waals surface area contributed by atoms with Gasteiger partial charge in [-0.3, -0.25) is 0 Å². The van der Waals surface area contributed by atoms with Crippen molar-refractivity contribution in [3.8, 4) is 34.5 Å². The number of carbonyl (C=O) groups excluding carboxylic acids is 1. The zero-order chi connectivity index (χ0) is 22.4. The molecule has 5 rings (SSSR count). The lowest BCUT2D eigenvalue weighted by Gasteiger charge is -2.37. The van der Waals surface area contributed by atoms with Crippen molar-refractivity contribution in [3.63, 3.8) is 0 Å². The fourth-order valence-corrected chi connectivity index (χ4v) is 6.46. The van der Waals surface area contributed by atoms with Gasteiger partial charge in [0, 0.05) is 23.5 Å². The van der Waals surface area contributed by atoms with Crippen LogP contribution in [-0.2, 0) is 10.3 Å². The SMILES string of the molecule is O=C1OC2(c3ccc(O)c(O)c3Oc3c2ccc(O)c3O)c2c(Br)c(Br)c(Br)c(Br)c21. The summed E-state index contributed by atoms with van der Waals surface area (Å²) in [7, 11) is 0. The number of rotatable bonds is 0. The summed E-state index contributed by atoms with van der Waals surface area (Å²) in [5.74, 6) is -3.29. The van der Waals surface area contributed by atoms with Crippen molar-refractivity contribution in [2.75, 3.05) is 0 Å². The molecule has 4 N–H and O–H groups in total. The van der Waals surface area contributed by atoms with Crippen LogP contribution in [0.5, 0.6) is 34.5 Å². The van der Waals surface area contributed by atoms with Crippen molar-refractivity contribution in [1.29, 1.82) is 0 Å². The van der Waals surface area contributed by atoms with E-state index in [0.29, 0.717) is 23.5 Å². The second kappa shape index (κ2) is 6.77. The fourth-order valence-electron chi connectivity index (χ4n) is 3.90. The first-order valence-electron chi connectivity index (χ1n) is 8.49. The van der Waals surface area contributed by atoms with E-state index in [1.54, 1.807) is 0 Å². The molecule has 3 aromatic carbocycles. The second-order valence-electron chi connectivity index (χ2n) is 6.80. The normalized spacial score (nSPS) is 15.2. The number of phenols is 4. The number of hydrogen-bond acceptors (Lipinski definition) is 7. The first-order valence-corrected chi connectivity index (χ1v) is 11.7. The van der Waals surface area contributed by atoms with Crippen LogP contribution in [0.15, 0.2) is 42.2 Å². The molecule has 158 valence electrons. The monoisotopic (exact) mass is 676 g/mol. The van der Waals surface area contributed by atoms with Crippen LogP contribution >= 0.6 is 63.7 Å². The van der Waals surface area contributed by atoms with Gasteiger partial charge >= 0.3 is 5.97 Å². The minimum atomic E-state index is -1.67. The lowest BCUT2D eigenvalue weighted by Crippen LogP contribution is -2.33. The van der Waals surface area contributed by atoms with Gasteiger partial charge in [-0.15, -0.1) is 0 Å². The molecule has 0 unspecified atom stereocenters. The number of ether oxygens (including phenoxy) is 2. The van der Waals surface area contributed by atoms with E-state index in [9.17, 15) is 25.2 Å². The van der Waals surface area contributed by atoms with Crippen molar-refractivity contribution >= 4 is 69.7 Å². The van der Waals surface area contributed by atoms with Gasteiger partial charge < -0.3 is 29.9 Å². The Kier molecular flexibility index (Phi) is 4.57. The molecule has 0 saturated heterocycles. The number of carbonyl (C=O) groups is 1. The van der Waals surface area contributed by atoms with E-state index in [1.807, 2.05) is 0 Å². The number of esters is 1. The standard InChI is InChI=1S/C20H8Br4O7/c21-11-9-10(12(22)14(24)13(11)23)20(31-19(9)29)5-1-3-7(25)15(27)17(5)30-18-6(20)2-4-8(26)16(18)28/h1-4,25-28H. The average Bonchev–Trinajstić information content (AvgIpc) is 3.04. The van der Waals surface area contributed by atoms with Crippen LogP contribution in [-0.4, -0.2) is 26.4 Å². The largest absolute Gasteiger partial charge is 0.504 e. The van der Waals surface area contributed by atoms with Crippen LogP contribution in [0.3, 0.4) is 0 Å². The zero-order valence-corrected chi connectivity index (χ0v) is 21.2. The molecule has 11 heteroatoms. The van der Waals surface area contributed by atoms with Gasteiger partial charge in [-0.1, -0.05) is 0 Å². The highest BCUT2D eigenvalue weighted by Gasteiger charge is 2.57. The fraction of sp³-hybridized carbons (Fsp3) is 0.0500. The van der Waals surface area contributed by atoms with Crippen molar-refractivity contribution in [1.82, 2.24) is 0 Å². The average molecular weight is 680 g/mol. The Balaban J connectivity index is 2.02. The molecule has 2 heterocycles. The lowest BCUT2D eigenvalue weighted by atomic mass is 9.77. The molecular formula is C20H8Br4O7. The van der Waals surface area contributed by atoms with Gasteiger partial charge in [0.05, 0.1) is 16.7 Å². The second-order valence-corrected chi connectivity index (χ2v) is 9.97. The van der Waals surface area contributed by atoms with Crippen molar-refractivity contribution in [2.24, 2.45) is 0 Å². The summed E-state index contributed by atoms with van der Waals surface area (Å²) >= 11 is 13.9. The molecule has 0 aliphatic carbocycles. The molecular weight excluding hydrogens is 672 g/mol. The first kappa shape index (κ1) is 20.9. The number of aromatic hydroxyl groups is 4. The Morgan fingerprint density at radius 3 is 1.71 bits per heavy atom. The number of phenolic OH excluding ortho intramolecular Hbond substituents is 4. The molecule has 1 spiro atoms. The Morgan fingerprint density at radius 2 is 1.19 bits per heavy atom. The number of hydrogen-bond donors (Lipinski definition) is 4. The van der Waals surface area contributed by atoms with Crippen LogP contribution in [0.4, 0.5) is 0 Å². The van der Waals surface area contributed by atoms with Gasteiger partial charge in [-0.2, -0.15) is 0 Å². The molecule has 31 heavy (non-hydrogen) atoms. The van der Waals surface area contributed by atoms with E-state index in [1.165, 1.54) is 24.3 Å². The Morgan fingerprint density at radius 1 is 0.710 bits per heavy atom. The van der Waals surface area contributed by atoms with E-state index in [-0.39, 0.29) is 28.2 Å². The van der Waals surface area contributed by atoms with Crippen LogP contribution < -0.4 is 4.74 Å². The van der Waals surface area contributed by atoms with E-state index in [0.717, 1.165) is 0 Å². The van der Waals surface area contributed by atoms with Crippen molar-refractivity contribution < 1.29 is 34.7 Å². The van der Waals surface area contributed by atoms with Gasteiger partial charge in [0.2, 0.25) is 11.5 Å². The molecule has 3 aromatic rings.